The maximum atomic E-state index is 4.44. The highest BCUT2D eigenvalue weighted by atomic mass is 127. The van der Waals surface area contributed by atoms with E-state index in [-0.39, 0.29) is 24.0 Å². The van der Waals surface area contributed by atoms with Crippen LogP contribution in [0.1, 0.15) is 23.6 Å². The lowest BCUT2D eigenvalue weighted by atomic mass is 10.1. The molecule has 2 atom stereocenters. The fourth-order valence-electron chi connectivity index (χ4n) is 2.92. The minimum atomic E-state index is 0. The fraction of sp³-hybridized carbons (Fsp3) is 0.389. The summed E-state index contributed by atoms with van der Waals surface area (Å²) in [7, 11) is 6.00. The molecule has 0 bridgehead atoms. The molecular formula is C18H24BrIN4. The summed E-state index contributed by atoms with van der Waals surface area (Å²) in [5.41, 5.74) is 2.67. The smallest absolute Gasteiger partial charge is 0.193 e. The van der Waals surface area contributed by atoms with E-state index < -0.39 is 0 Å². The Morgan fingerprint density at radius 3 is 2.62 bits per heavy atom. The molecule has 1 aliphatic carbocycles. The Balaban J connectivity index is 0.00000208. The molecule has 1 heterocycles. The van der Waals surface area contributed by atoms with Gasteiger partial charge in [-0.25, -0.2) is 0 Å². The molecule has 1 aliphatic rings. The van der Waals surface area contributed by atoms with Gasteiger partial charge in [0.05, 0.1) is 6.54 Å². The Labute approximate surface area is 169 Å². The number of hydrogen-bond acceptors (Lipinski definition) is 1. The van der Waals surface area contributed by atoms with Crippen LogP contribution in [0.4, 0.5) is 0 Å². The second-order valence-electron chi connectivity index (χ2n) is 6.16. The van der Waals surface area contributed by atoms with Crippen molar-refractivity contribution >= 4 is 45.9 Å². The molecule has 24 heavy (non-hydrogen) atoms. The third kappa shape index (κ3) is 4.53. The number of halogens is 2. The van der Waals surface area contributed by atoms with Crippen LogP contribution < -0.4 is 5.32 Å². The van der Waals surface area contributed by atoms with Crippen LogP contribution in [0, 0.1) is 0 Å². The van der Waals surface area contributed by atoms with Crippen molar-refractivity contribution in [3.8, 4) is 0 Å². The zero-order valence-corrected chi connectivity index (χ0v) is 18.2. The van der Waals surface area contributed by atoms with Crippen LogP contribution in [-0.4, -0.2) is 35.6 Å². The van der Waals surface area contributed by atoms with Crippen molar-refractivity contribution in [2.45, 2.75) is 24.9 Å². The average molecular weight is 503 g/mol. The molecule has 1 aromatic heterocycles. The molecule has 0 saturated heterocycles. The van der Waals surface area contributed by atoms with E-state index >= 15 is 0 Å². The highest BCUT2D eigenvalue weighted by molar-refractivity contribution is 14.0. The van der Waals surface area contributed by atoms with Gasteiger partial charge in [-0.05, 0) is 36.2 Å². The number of rotatable bonds is 4. The summed E-state index contributed by atoms with van der Waals surface area (Å²) in [6.45, 7) is 0.846. The Morgan fingerprint density at radius 1 is 1.33 bits per heavy atom. The number of aliphatic imine (C=N–C) groups is 1. The molecule has 0 spiro atoms. The summed E-state index contributed by atoms with van der Waals surface area (Å²) in [4.78, 5) is 6.61. The quantitative estimate of drug-likeness (QED) is 0.390. The van der Waals surface area contributed by atoms with Gasteiger partial charge in [-0.15, -0.1) is 24.0 Å². The SMILES string of the molecule is CN=C(NC1CC1c1ccc(Br)cc1)N(C)Cc1cccn1C.I. The van der Waals surface area contributed by atoms with Crippen molar-refractivity contribution in [1.29, 1.82) is 0 Å². The van der Waals surface area contributed by atoms with Gasteiger partial charge in [0.25, 0.3) is 0 Å². The van der Waals surface area contributed by atoms with Crippen LogP contribution >= 0.6 is 39.9 Å². The van der Waals surface area contributed by atoms with Crippen molar-refractivity contribution in [3.05, 3.63) is 58.3 Å². The lowest BCUT2D eigenvalue weighted by molar-refractivity contribution is 0.461. The minimum absolute atomic E-state index is 0. The topological polar surface area (TPSA) is 32.6 Å². The lowest BCUT2D eigenvalue weighted by Crippen LogP contribution is -2.40. The summed E-state index contributed by atoms with van der Waals surface area (Å²) in [5.74, 6) is 1.54. The highest BCUT2D eigenvalue weighted by Gasteiger charge is 2.39. The molecule has 2 unspecified atom stereocenters. The second kappa shape index (κ2) is 8.38. The standard InChI is InChI=1S/C18H23BrN4.HI/c1-20-18(23(3)12-15-5-4-10-22(15)2)21-17-11-16(17)13-6-8-14(19)9-7-13;/h4-10,16-17H,11-12H2,1-3H3,(H,20,21);1H. The first-order valence-electron chi connectivity index (χ1n) is 7.88. The second-order valence-corrected chi connectivity index (χ2v) is 7.07. The van der Waals surface area contributed by atoms with Gasteiger partial charge in [0.1, 0.15) is 0 Å². The Kier molecular flexibility index (Phi) is 6.74. The van der Waals surface area contributed by atoms with Crippen molar-refractivity contribution in [2.75, 3.05) is 14.1 Å². The number of aromatic nitrogens is 1. The van der Waals surface area contributed by atoms with Gasteiger partial charge in [-0.3, -0.25) is 4.99 Å². The molecule has 0 aliphatic heterocycles. The molecule has 0 amide bonds. The number of hydrogen-bond donors (Lipinski definition) is 1. The molecule has 1 N–H and O–H groups in total. The normalized spacial score (nSPS) is 19.6. The van der Waals surface area contributed by atoms with Gasteiger partial charge in [-0.1, -0.05) is 28.1 Å². The van der Waals surface area contributed by atoms with E-state index in [2.05, 4.69) is 92.4 Å². The molecule has 0 radical (unpaired) electrons. The number of nitrogens with zero attached hydrogens (tertiary/aromatic N) is 3. The van der Waals surface area contributed by atoms with Gasteiger partial charge in [0.2, 0.25) is 0 Å². The largest absolute Gasteiger partial charge is 0.353 e. The van der Waals surface area contributed by atoms with Crippen LogP contribution in [0.5, 0.6) is 0 Å². The van der Waals surface area contributed by atoms with Crippen molar-refractivity contribution in [2.24, 2.45) is 12.0 Å². The van der Waals surface area contributed by atoms with Gasteiger partial charge < -0.3 is 14.8 Å². The first-order valence-corrected chi connectivity index (χ1v) is 8.68. The fourth-order valence-corrected chi connectivity index (χ4v) is 3.19. The number of benzene rings is 1. The summed E-state index contributed by atoms with van der Waals surface area (Å²) >= 11 is 3.49. The van der Waals surface area contributed by atoms with E-state index in [4.69, 9.17) is 0 Å². The maximum absolute atomic E-state index is 4.44. The molecular weight excluding hydrogens is 479 g/mol. The van der Waals surface area contributed by atoms with Crippen molar-refractivity contribution < 1.29 is 0 Å². The molecule has 6 heteroatoms. The molecule has 4 nitrogen and oxygen atoms in total. The summed E-state index contributed by atoms with van der Waals surface area (Å²) in [6, 6.07) is 13.3. The minimum Gasteiger partial charge on any atom is -0.353 e. The molecule has 1 fully saturated rings. The van der Waals surface area contributed by atoms with Crippen LogP contribution in [0.25, 0.3) is 0 Å². The van der Waals surface area contributed by atoms with E-state index in [0.717, 1.165) is 17.0 Å². The third-order valence-corrected chi connectivity index (χ3v) is 4.96. The van der Waals surface area contributed by atoms with Gasteiger partial charge >= 0.3 is 0 Å². The van der Waals surface area contributed by atoms with E-state index in [0.29, 0.717) is 12.0 Å². The van der Waals surface area contributed by atoms with Crippen molar-refractivity contribution in [1.82, 2.24) is 14.8 Å². The van der Waals surface area contributed by atoms with Gasteiger partial charge in [0, 0.05) is 49.5 Å². The lowest BCUT2D eigenvalue weighted by Gasteiger charge is -2.22. The number of aryl methyl sites for hydroxylation is 1. The molecule has 130 valence electrons. The van der Waals surface area contributed by atoms with E-state index in [1.54, 1.807) is 0 Å². The summed E-state index contributed by atoms with van der Waals surface area (Å²) in [6.07, 6.45) is 3.24. The van der Waals surface area contributed by atoms with Crippen LogP contribution in [-0.2, 0) is 13.6 Å². The summed E-state index contributed by atoms with van der Waals surface area (Å²) < 4.78 is 3.27. The number of guanidine groups is 1. The van der Waals surface area contributed by atoms with Crippen LogP contribution in [0.15, 0.2) is 52.1 Å². The zero-order chi connectivity index (χ0) is 16.4. The third-order valence-electron chi connectivity index (χ3n) is 4.43. The van der Waals surface area contributed by atoms with Gasteiger partial charge in [0.15, 0.2) is 5.96 Å². The first kappa shape index (κ1) is 19.3. The van der Waals surface area contributed by atoms with E-state index in [1.165, 1.54) is 17.7 Å². The first-order chi connectivity index (χ1) is 11.1. The molecule has 2 aromatic rings. The van der Waals surface area contributed by atoms with Crippen molar-refractivity contribution in [3.63, 3.8) is 0 Å². The molecule has 3 rings (SSSR count). The highest BCUT2D eigenvalue weighted by Crippen LogP contribution is 2.41. The van der Waals surface area contributed by atoms with Crippen LogP contribution in [0.2, 0.25) is 0 Å². The number of nitrogens with one attached hydrogen (secondary N) is 1. The zero-order valence-electron chi connectivity index (χ0n) is 14.2. The Bertz CT molecular complexity index is 695. The van der Waals surface area contributed by atoms with E-state index in [9.17, 15) is 0 Å². The molecule has 1 saturated carbocycles. The molecule has 1 aromatic carbocycles. The van der Waals surface area contributed by atoms with Gasteiger partial charge in [-0.2, -0.15) is 0 Å². The Hall–Kier alpha value is -1.02. The predicted molar refractivity (Wildman–Crippen MR) is 114 cm³/mol. The predicted octanol–water partition coefficient (Wildman–Crippen LogP) is 3.97. The van der Waals surface area contributed by atoms with Crippen LogP contribution in [0.3, 0.4) is 0 Å². The maximum Gasteiger partial charge on any atom is 0.193 e. The average Bonchev–Trinajstić information content (AvgIpc) is 3.20. The monoisotopic (exact) mass is 502 g/mol. The Morgan fingerprint density at radius 2 is 2.04 bits per heavy atom. The summed E-state index contributed by atoms with van der Waals surface area (Å²) in [5, 5.41) is 3.59. The van der Waals surface area contributed by atoms with E-state index in [1.807, 2.05) is 7.05 Å².